The van der Waals surface area contributed by atoms with Crippen molar-refractivity contribution in [3.8, 4) is 17.1 Å². The lowest BCUT2D eigenvalue weighted by molar-refractivity contribution is 0.882. The maximum Gasteiger partial charge on any atom is 0.181 e. The van der Waals surface area contributed by atoms with Gasteiger partial charge in [0.2, 0.25) is 0 Å². The van der Waals surface area contributed by atoms with Crippen LogP contribution in [0.15, 0.2) is 48.9 Å². The SMILES string of the molecule is Cc1cc(-c2ncn(-c3ccc(N)cc3)n2)ccn1. The van der Waals surface area contributed by atoms with Crippen LogP contribution < -0.4 is 5.73 Å². The Kier molecular flexibility index (Phi) is 2.72. The third-order valence-corrected chi connectivity index (χ3v) is 2.80. The molecule has 0 amide bonds. The molecule has 0 aliphatic rings. The number of nitrogen functional groups attached to an aromatic ring is 1. The van der Waals surface area contributed by atoms with E-state index in [-0.39, 0.29) is 0 Å². The van der Waals surface area contributed by atoms with Gasteiger partial charge in [0, 0.05) is 23.1 Å². The molecule has 0 radical (unpaired) electrons. The minimum atomic E-state index is 0.683. The van der Waals surface area contributed by atoms with Crippen molar-refractivity contribution in [3.63, 3.8) is 0 Å². The van der Waals surface area contributed by atoms with Crippen molar-refractivity contribution in [2.24, 2.45) is 0 Å². The Morgan fingerprint density at radius 1 is 1.05 bits per heavy atom. The summed E-state index contributed by atoms with van der Waals surface area (Å²) in [5.74, 6) is 0.683. The molecule has 0 bridgehead atoms. The number of hydrogen-bond donors (Lipinski definition) is 1. The van der Waals surface area contributed by atoms with Crippen LogP contribution in [-0.2, 0) is 0 Å². The highest BCUT2D eigenvalue weighted by atomic mass is 15.3. The Bertz CT molecular complexity index is 700. The number of nitrogens with two attached hydrogens (primary N) is 1. The fraction of sp³-hybridized carbons (Fsp3) is 0.0714. The summed E-state index contributed by atoms with van der Waals surface area (Å²) < 4.78 is 1.73. The minimum absolute atomic E-state index is 0.683. The molecule has 94 valence electrons. The zero-order chi connectivity index (χ0) is 13.2. The van der Waals surface area contributed by atoms with E-state index in [9.17, 15) is 0 Å². The summed E-state index contributed by atoms with van der Waals surface area (Å²) in [6, 6.07) is 11.4. The lowest BCUT2D eigenvalue weighted by atomic mass is 10.2. The second-order valence-corrected chi connectivity index (χ2v) is 4.29. The fourth-order valence-electron chi connectivity index (χ4n) is 1.83. The molecule has 1 aromatic carbocycles. The predicted octanol–water partition coefficient (Wildman–Crippen LogP) is 2.22. The van der Waals surface area contributed by atoms with Gasteiger partial charge in [-0.05, 0) is 43.3 Å². The molecule has 5 heteroatoms. The Morgan fingerprint density at radius 2 is 1.84 bits per heavy atom. The lowest BCUT2D eigenvalue weighted by Crippen LogP contribution is -1.95. The molecule has 3 aromatic rings. The summed E-state index contributed by atoms with van der Waals surface area (Å²) in [5.41, 5.74) is 9.23. The maximum atomic E-state index is 5.67. The number of anilines is 1. The number of nitrogens with zero attached hydrogens (tertiary/aromatic N) is 4. The average molecular weight is 251 g/mol. The summed E-state index contributed by atoms with van der Waals surface area (Å²) in [6.07, 6.45) is 3.45. The first-order chi connectivity index (χ1) is 9.22. The van der Waals surface area contributed by atoms with Crippen molar-refractivity contribution in [1.82, 2.24) is 19.7 Å². The topological polar surface area (TPSA) is 69.6 Å². The molecule has 2 heterocycles. The predicted molar refractivity (Wildman–Crippen MR) is 73.7 cm³/mol. The first kappa shape index (κ1) is 11.4. The largest absolute Gasteiger partial charge is 0.399 e. The molecule has 0 atom stereocenters. The van der Waals surface area contributed by atoms with Gasteiger partial charge in [0.05, 0.1) is 5.69 Å². The molecule has 0 aliphatic carbocycles. The van der Waals surface area contributed by atoms with Crippen LogP contribution in [0.3, 0.4) is 0 Å². The second-order valence-electron chi connectivity index (χ2n) is 4.29. The summed E-state index contributed by atoms with van der Waals surface area (Å²) in [7, 11) is 0. The Balaban J connectivity index is 1.97. The number of aryl methyl sites for hydroxylation is 1. The first-order valence-electron chi connectivity index (χ1n) is 5.93. The van der Waals surface area contributed by atoms with Gasteiger partial charge in [0.1, 0.15) is 6.33 Å². The van der Waals surface area contributed by atoms with Crippen molar-refractivity contribution >= 4 is 5.69 Å². The third-order valence-electron chi connectivity index (χ3n) is 2.80. The zero-order valence-corrected chi connectivity index (χ0v) is 10.5. The van der Waals surface area contributed by atoms with Crippen LogP contribution in [0.1, 0.15) is 5.69 Å². The van der Waals surface area contributed by atoms with Gasteiger partial charge in [0.15, 0.2) is 5.82 Å². The highest BCUT2D eigenvalue weighted by Crippen LogP contribution is 2.16. The molecule has 2 aromatic heterocycles. The first-order valence-corrected chi connectivity index (χ1v) is 5.93. The monoisotopic (exact) mass is 251 g/mol. The quantitative estimate of drug-likeness (QED) is 0.709. The maximum absolute atomic E-state index is 5.67. The van der Waals surface area contributed by atoms with E-state index < -0.39 is 0 Å². The van der Waals surface area contributed by atoms with Crippen LogP contribution in [-0.4, -0.2) is 19.7 Å². The molecule has 0 fully saturated rings. The van der Waals surface area contributed by atoms with Crippen molar-refractivity contribution < 1.29 is 0 Å². The van der Waals surface area contributed by atoms with E-state index in [0.717, 1.165) is 22.6 Å². The molecule has 5 nitrogen and oxygen atoms in total. The Hall–Kier alpha value is -2.69. The molecule has 0 saturated heterocycles. The lowest BCUT2D eigenvalue weighted by Gasteiger charge is -2.00. The number of hydrogen-bond acceptors (Lipinski definition) is 4. The smallest absolute Gasteiger partial charge is 0.181 e. The van der Waals surface area contributed by atoms with Crippen molar-refractivity contribution in [2.45, 2.75) is 6.92 Å². The molecule has 2 N–H and O–H groups in total. The second kappa shape index (κ2) is 4.53. The molecular formula is C14H13N5. The van der Waals surface area contributed by atoms with Gasteiger partial charge in [-0.25, -0.2) is 9.67 Å². The summed E-state index contributed by atoms with van der Waals surface area (Å²) in [6.45, 7) is 1.94. The molecule has 0 saturated carbocycles. The average Bonchev–Trinajstić information content (AvgIpc) is 2.89. The van der Waals surface area contributed by atoms with Crippen LogP contribution in [0.5, 0.6) is 0 Å². The summed E-state index contributed by atoms with van der Waals surface area (Å²) in [5, 5.41) is 4.46. The van der Waals surface area contributed by atoms with E-state index in [1.807, 2.05) is 43.3 Å². The van der Waals surface area contributed by atoms with Crippen LogP contribution in [0.25, 0.3) is 17.1 Å². The Labute approximate surface area is 110 Å². The minimum Gasteiger partial charge on any atom is -0.399 e. The number of pyridine rings is 1. The van der Waals surface area contributed by atoms with Gasteiger partial charge < -0.3 is 5.73 Å². The number of aromatic nitrogens is 4. The van der Waals surface area contributed by atoms with Crippen molar-refractivity contribution in [3.05, 3.63) is 54.6 Å². The normalized spacial score (nSPS) is 10.6. The molecule has 0 spiro atoms. The van der Waals surface area contributed by atoms with Gasteiger partial charge in [-0.2, -0.15) is 0 Å². The fourth-order valence-corrected chi connectivity index (χ4v) is 1.83. The van der Waals surface area contributed by atoms with E-state index in [1.54, 1.807) is 17.2 Å². The van der Waals surface area contributed by atoms with Crippen molar-refractivity contribution in [1.29, 1.82) is 0 Å². The Morgan fingerprint density at radius 3 is 2.58 bits per heavy atom. The highest BCUT2D eigenvalue weighted by Gasteiger charge is 2.05. The summed E-state index contributed by atoms with van der Waals surface area (Å²) >= 11 is 0. The van der Waals surface area contributed by atoms with E-state index >= 15 is 0 Å². The molecule has 3 rings (SSSR count). The van der Waals surface area contributed by atoms with Gasteiger partial charge in [0.25, 0.3) is 0 Å². The number of rotatable bonds is 2. The molecule has 0 unspecified atom stereocenters. The van der Waals surface area contributed by atoms with Crippen LogP contribution in [0.4, 0.5) is 5.69 Å². The van der Waals surface area contributed by atoms with E-state index in [2.05, 4.69) is 15.1 Å². The van der Waals surface area contributed by atoms with Gasteiger partial charge in [-0.1, -0.05) is 0 Å². The van der Waals surface area contributed by atoms with Gasteiger partial charge >= 0.3 is 0 Å². The van der Waals surface area contributed by atoms with Crippen LogP contribution in [0, 0.1) is 6.92 Å². The number of benzene rings is 1. The molecule has 0 aliphatic heterocycles. The van der Waals surface area contributed by atoms with E-state index in [4.69, 9.17) is 5.73 Å². The van der Waals surface area contributed by atoms with E-state index in [0.29, 0.717) is 5.82 Å². The third kappa shape index (κ3) is 2.30. The molecule has 19 heavy (non-hydrogen) atoms. The van der Waals surface area contributed by atoms with Crippen LogP contribution in [0.2, 0.25) is 0 Å². The van der Waals surface area contributed by atoms with Crippen LogP contribution >= 0.6 is 0 Å². The standard InChI is InChI=1S/C14H13N5/c1-10-8-11(6-7-16-10)14-17-9-19(18-14)13-4-2-12(15)3-5-13/h2-9H,15H2,1H3. The van der Waals surface area contributed by atoms with Crippen molar-refractivity contribution in [2.75, 3.05) is 5.73 Å². The zero-order valence-electron chi connectivity index (χ0n) is 10.5. The summed E-state index contributed by atoms with van der Waals surface area (Å²) in [4.78, 5) is 8.48. The highest BCUT2D eigenvalue weighted by molar-refractivity contribution is 5.54. The van der Waals surface area contributed by atoms with E-state index in [1.165, 1.54) is 0 Å². The van der Waals surface area contributed by atoms with Gasteiger partial charge in [-0.3, -0.25) is 4.98 Å². The van der Waals surface area contributed by atoms with Gasteiger partial charge in [-0.15, -0.1) is 5.10 Å². The molecular weight excluding hydrogens is 238 g/mol.